The predicted octanol–water partition coefficient (Wildman–Crippen LogP) is 4.87. The molecule has 1 amide bonds. The van der Waals surface area contributed by atoms with Gasteiger partial charge >= 0.3 is 0 Å². The van der Waals surface area contributed by atoms with Crippen molar-refractivity contribution in [1.82, 2.24) is 9.97 Å². The number of hydrogen-bond donors (Lipinski definition) is 0. The summed E-state index contributed by atoms with van der Waals surface area (Å²) in [5.41, 5.74) is 2.01. The highest BCUT2D eigenvalue weighted by Gasteiger charge is 2.34. The van der Waals surface area contributed by atoms with Gasteiger partial charge in [-0.1, -0.05) is 11.3 Å². The molecule has 9 nitrogen and oxygen atoms in total. The third kappa shape index (κ3) is 3.95. The number of anilines is 3. The van der Waals surface area contributed by atoms with Crippen molar-refractivity contribution in [3.05, 3.63) is 54.2 Å². The lowest BCUT2D eigenvalue weighted by atomic mass is 10.1. The van der Waals surface area contributed by atoms with Gasteiger partial charge in [0.05, 0.1) is 49.4 Å². The van der Waals surface area contributed by atoms with E-state index < -0.39 is 0 Å². The molecule has 0 unspecified atom stereocenters. The van der Waals surface area contributed by atoms with E-state index in [1.54, 1.807) is 44.6 Å². The van der Waals surface area contributed by atoms with Crippen LogP contribution in [0.5, 0.6) is 23.0 Å². The molecule has 0 N–H and O–H groups in total. The molecular formula is C25H24N4O5S. The Balaban J connectivity index is 1.61. The first-order valence-electron chi connectivity index (χ1n) is 11.0. The van der Waals surface area contributed by atoms with Gasteiger partial charge in [0, 0.05) is 18.3 Å². The Labute approximate surface area is 206 Å². The number of carbonyl (C=O) groups excluding carboxylic acids is 1. The fraction of sp³-hybridized carbons (Fsp3) is 0.240. The van der Waals surface area contributed by atoms with Crippen LogP contribution >= 0.6 is 11.3 Å². The van der Waals surface area contributed by atoms with E-state index >= 15 is 0 Å². The minimum absolute atomic E-state index is 0.166. The summed E-state index contributed by atoms with van der Waals surface area (Å²) >= 11 is 1.44. The fourth-order valence-electron chi connectivity index (χ4n) is 4.04. The van der Waals surface area contributed by atoms with Gasteiger partial charge in [-0.2, -0.15) is 0 Å². The van der Waals surface area contributed by atoms with Crippen LogP contribution in [-0.2, 0) is 0 Å². The predicted molar refractivity (Wildman–Crippen MR) is 135 cm³/mol. The van der Waals surface area contributed by atoms with E-state index in [1.807, 2.05) is 42.2 Å². The SMILES string of the molecule is CCOc1ccc2nc(N3CN(c4cc(OC)c(OC)c(OC)c4)c4ncccc4C3=O)sc2c1. The van der Waals surface area contributed by atoms with Gasteiger partial charge in [-0.05, 0) is 37.3 Å². The summed E-state index contributed by atoms with van der Waals surface area (Å²) in [4.78, 5) is 26.4. The topological polar surface area (TPSA) is 86.2 Å². The molecule has 0 radical (unpaired) electrons. The number of amides is 1. The van der Waals surface area contributed by atoms with Crippen molar-refractivity contribution in [2.75, 3.05) is 44.4 Å². The van der Waals surface area contributed by atoms with Crippen molar-refractivity contribution < 1.29 is 23.7 Å². The Kier molecular flexibility index (Phi) is 6.04. The Hall–Kier alpha value is -4.05. The van der Waals surface area contributed by atoms with E-state index in [-0.39, 0.29) is 12.6 Å². The fourth-order valence-corrected chi connectivity index (χ4v) is 5.02. The van der Waals surface area contributed by atoms with Gasteiger partial charge in [0.15, 0.2) is 16.6 Å². The molecule has 0 bridgehead atoms. The zero-order valence-electron chi connectivity index (χ0n) is 19.8. The quantitative estimate of drug-likeness (QED) is 0.361. The normalized spacial score (nSPS) is 13.1. The van der Waals surface area contributed by atoms with Crippen LogP contribution in [0.25, 0.3) is 10.2 Å². The van der Waals surface area contributed by atoms with E-state index in [9.17, 15) is 4.79 Å². The van der Waals surface area contributed by atoms with Gasteiger partial charge in [0.2, 0.25) is 5.75 Å². The maximum Gasteiger partial charge on any atom is 0.265 e. The van der Waals surface area contributed by atoms with Crippen molar-refractivity contribution in [3.63, 3.8) is 0 Å². The molecule has 2 aromatic carbocycles. The molecule has 1 aliphatic rings. The molecule has 5 rings (SSSR count). The Bertz CT molecular complexity index is 1380. The van der Waals surface area contributed by atoms with Crippen LogP contribution in [0.1, 0.15) is 17.3 Å². The standard InChI is InChI=1S/C25H24N4O5S/c1-5-34-16-8-9-18-21(13-16)35-25(27-18)29-14-28(23-17(24(29)30)7-6-10-26-23)15-11-19(31-2)22(33-4)20(12-15)32-3/h6-13H,5,14H2,1-4H3. The highest BCUT2D eigenvalue weighted by molar-refractivity contribution is 7.22. The lowest BCUT2D eigenvalue weighted by Gasteiger charge is -2.36. The number of methoxy groups -OCH3 is 3. The molecule has 0 saturated carbocycles. The highest BCUT2D eigenvalue weighted by Crippen LogP contribution is 2.44. The molecule has 180 valence electrons. The molecule has 0 spiro atoms. The smallest absolute Gasteiger partial charge is 0.265 e. The summed E-state index contributed by atoms with van der Waals surface area (Å²) in [6.07, 6.45) is 1.67. The highest BCUT2D eigenvalue weighted by atomic mass is 32.1. The van der Waals surface area contributed by atoms with Crippen LogP contribution in [0.4, 0.5) is 16.6 Å². The number of aromatic nitrogens is 2. The lowest BCUT2D eigenvalue weighted by molar-refractivity contribution is 0.0983. The summed E-state index contributed by atoms with van der Waals surface area (Å²) in [6.45, 7) is 2.73. The van der Waals surface area contributed by atoms with E-state index in [0.29, 0.717) is 40.4 Å². The van der Waals surface area contributed by atoms with Crippen LogP contribution in [0, 0.1) is 0 Å². The first-order chi connectivity index (χ1) is 17.1. The molecule has 0 saturated heterocycles. The Morgan fingerprint density at radius 2 is 1.77 bits per heavy atom. The van der Waals surface area contributed by atoms with Crippen molar-refractivity contribution in [3.8, 4) is 23.0 Å². The van der Waals surface area contributed by atoms with Gasteiger partial charge in [-0.3, -0.25) is 9.69 Å². The molecule has 35 heavy (non-hydrogen) atoms. The molecule has 4 aromatic rings. The van der Waals surface area contributed by atoms with Gasteiger partial charge in [0.25, 0.3) is 5.91 Å². The number of rotatable bonds is 7. The molecule has 1 aliphatic heterocycles. The van der Waals surface area contributed by atoms with Crippen LogP contribution in [0.3, 0.4) is 0 Å². The summed E-state index contributed by atoms with van der Waals surface area (Å²) in [5.74, 6) is 2.65. The molecule has 2 aromatic heterocycles. The van der Waals surface area contributed by atoms with Gasteiger partial charge in [0.1, 0.15) is 18.2 Å². The number of nitrogens with zero attached hydrogens (tertiary/aromatic N) is 4. The second-order valence-electron chi connectivity index (χ2n) is 7.62. The molecule has 3 heterocycles. The van der Waals surface area contributed by atoms with Gasteiger partial charge in [-0.25, -0.2) is 9.97 Å². The van der Waals surface area contributed by atoms with Crippen molar-refractivity contribution in [2.24, 2.45) is 0 Å². The first-order valence-corrected chi connectivity index (χ1v) is 11.8. The summed E-state index contributed by atoms with van der Waals surface area (Å²) in [5, 5.41) is 0.589. The number of benzene rings is 2. The molecular weight excluding hydrogens is 468 g/mol. The van der Waals surface area contributed by atoms with E-state index in [0.717, 1.165) is 21.7 Å². The van der Waals surface area contributed by atoms with E-state index in [1.165, 1.54) is 11.3 Å². The number of ether oxygens (including phenoxy) is 4. The minimum atomic E-state index is -0.166. The third-order valence-electron chi connectivity index (χ3n) is 5.65. The average molecular weight is 493 g/mol. The van der Waals surface area contributed by atoms with Gasteiger partial charge in [-0.15, -0.1) is 0 Å². The lowest BCUT2D eigenvalue weighted by Crippen LogP contribution is -2.45. The van der Waals surface area contributed by atoms with E-state index in [4.69, 9.17) is 23.9 Å². The number of hydrogen-bond acceptors (Lipinski definition) is 9. The van der Waals surface area contributed by atoms with Crippen molar-refractivity contribution >= 4 is 44.1 Å². The van der Waals surface area contributed by atoms with Crippen LogP contribution in [0.2, 0.25) is 0 Å². The summed E-state index contributed by atoms with van der Waals surface area (Å²) < 4.78 is 23.1. The monoisotopic (exact) mass is 492 g/mol. The largest absolute Gasteiger partial charge is 0.494 e. The third-order valence-corrected chi connectivity index (χ3v) is 6.69. The molecule has 0 fully saturated rings. The summed E-state index contributed by atoms with van der Waals surface area (Å²) in [7, 11) is 4.69. The van der Waals surface area contributed by atoms with Crippen molar-refractivity contribution in [1.29, 1.82) is 0 Å². The van der Waals surface area contributed by atoms with Crippen LogP contribution < -0.4 is 28.7 Å². The van der Waals surface area contributed by atoms with Crippen molar-refractivity contribution in [2.45, 2.75) is 6.92 Å². The Morgan fingerprint density at radius 3 is 2.46 bits per heavy atom. The number of fused-ring (bicyclic) bond motifs is 2. The van der Waals surface area contributed by atoms with Crippen LogP contribution in [0.15, 0.2) is 48.7 Å². The maximum atomic E-state index is 13.5. The second kappa shape index (κ2) is 9.30. The second-order valence-corrected chi connectivity index (χ2v) is 8.63. The van der Waals surface area contributed by atoms with Crippen LogP contribution in [-0.4, -0.2) is 50.5 Å². The average Bonchev–Trinajstić information content (AvgIpc) is 3.31. The number of carbonyl (C=O) groups is 1. The minimum Gasteiger partial charge on any atom is -0.494 e. The number of pyridine rings is 1. The zero-order valence-corrected chi connectivity index (χ0v) is 20.6. The summed E-state index contributed by atoms with van der Waals surface area (Å²) in [6, 6.07) is 12.9. The number of thiazole rings is 1. The molecule has 0 aliphatic carbocycles. The molecule has 10 heteroatoms. The first kappa shape index (κ1) is 22.7. The van der Waals surface area contributed by atoms with Gasteiger partial charge < -0.3 is 23.8 Å². The Morgan fingerprint density at radius 1 is 1.00 bits per heavy atom. The molecule has 0 atom stereocenters. The van der Waals surface area contributed by atoms with E-state index in [2.05, 4.69) is 4.98 Å². The zero-order chi connectivity index (χ0) is 24.5. The maximum absolute atomic E-state index is 13.5.